The summed E-state index contributed by atoms with van der Waals surface area (Å²) >= 11 is 4.75. The SMILES string of the molecule is COc1ccc(-c2ccc(C(=O)NC3CC(NC=S)C3)nc2)nc1. The summed E-state index contributed by atoms with van der Waals surface area (Å²) in [6.45, 7) is 0. The zero-order chi connectivity index (χ0) is 16.9. The topological polar surface area (TPSA) is 76.1 Å². The van der Waals surface area contributed by atoms with Gasteiger partial charge in [0, 0.05) is 23.8 Å². The lowest BCUT2D eigenvalue weighted by Crippen LogP contribution is -2.52. The van der Waals surface area contributed by atoms with Crippen molar-refractivity contribution in [1.82, 2.24) is 20.6 Å². The third-order valence-corrected chi connectivity index (χ3v) is 4.18. The van der Waals surface area contributed by atoms with Crippen molar-refractivity contribution in [3.63, 3.8) is 0 Å². The zero-order valence-electron chi connectivity index (χ0n) is 13.2. The van der Waals surface area contributed by atoms with Crippen LogP contribution < -0.4 is 15.4 Å². The highest BCUT2D eigenvalue weighted by Gasteiger charge is 2.29. The molecular formula is C17H18N4O2S. The molecule has 1 aliphatic rings. The lowest BCUT2D eigenvalue weighted by molar-refractivity contribution is 0.0902. The van der Waals surface area contributed by atoms with E-state index < -0.39 is 0 Å². The first kappa shape index (κ1) is 16.3. The minimum absolute atomic E-state index is 0.157. The molecule has 2 aromatic rings. The molecule has 0 saturated heterocycles. The van der Waals surface area contributed by atoms with Gasteiger partial charge in [0.05, 0.1) is 24.5 Å². The molecule has 124 valence electrons. The number of pyridine rings is 2. The van der Waals surface area contributed by atoms with Crippen LogP contribution in [-0.4, -0.2) is 40.6 Å². The molecule has 0 spiro atoms. The molecule has 1 saturated carbocycles. The molecule has 1 aliphatic carbocycles. The Morgan fingerprint density at radius 2 is 2.04 bits per heavy atom. The lowest BCUT2D eigenvalue weighted by Gasteiger charge is -2.35. The molecule has 0 aliphatic heterocycles. The molecule has 3 rings (SSSR count). The number of amides is 1. The van der Waals surface area contributed by atoms with Gasteiger partial charge in [-0.15, -0.1) is 0 Å². The second-order valence-electron chi connectivity index (χ2n) is 5.64. The van der Waals surface area contributed by atoms with E-state index in [4.69, 9.17) is 17.0 Å². The van der Waals surface area contributed by atoms with Crippen molar-refractivity contribution in [1.29, 1.82) is 0 Å². The van der Waals surface area contributed by atoms with Gasteiger partial charge in [0.25, 0.3) is 5.91 Å². The highest BCUT2D eigenvalue weighted by molar-refractivity contribution is 7.78. The van der Waals surface area contributed by atoms with Gasteiger partial charge in [-0.1, -0.05) is 12.2 Å². The molecule has 6 nitrogen and oxygen atoms in total. The lowest BCUT2D eigenvalue weighted by atomic mass is 9.87. The van der Waals surface area contributed by atoms with Crippen LogP contribution in [0.3, 0.4) is 0 Å². The van der Waals surface area contributed by atoms with E-state index in [9.17, 15) is 4.79 Å². The minimum Gasteiger partial charge on any atom is -0.495 e. The van der Waals surface area contributed by atoms with Crippen LogP contribution in [0.5, 0.6) is 5.75 Å². The molecule has 0 unspecified atom stereocenters. The highest BCUT2D eigenvalue weighted by Crippen LogP contribution is 2.21. The van der Waals surface area contributed by atoms with Crippen molar-refractivity contribution in [2.45, 2.75) is 24.9 Å². The number of hydrogen-bond acceptors (Lipinski definition) is 5. The Morgan fingerprint density at radius 1 is 1.21 bits per heavy atom. The number of rotatable bonds is 6. The molecule has 2 N–H and O–H groups in total. The molecule has 0 bridgehead atoms. The molecule has 1 fully saturated rings. The number of ether oxygens (including phenoxy) is 1. The van der Waals surface area contributed by atoms with Crippen LogP contribution in [0.1, 0.15) is 23.3 Å². The van der Waals surface area contributed by atoms with Crippen LogP contribution in [-0.2, 0) is 0 Å². The molecule has 24 heavy (non-hydrogen) atoms. The number of aromatic nitrogens is 2. The van der Waals surface area contributed by atoms with Gasteiger partial charge in [0.2, 0.25) is 0 Å². The maximum Gasteiger partial charge on any atom is 0.270 e. The second-order valence-corrected chi connectivity index (χ2v) is 5.87. The fourth-order valence-electron chi connectivity index (χ4n) is 2.58. The Balaban J connectivity index is 1.59. The first-order valence-electron chi connectivity index (χ1n) is 7.66. The van der Waals surface area contributed by atoms with Crippen LogP contribution in [0.25, 0.3) is 11.3 Å². The largest absolute Gasteiger partial charge is 0.495 e. The smallest absolute Gasteiger partial charge is 0.270 e. The summed E-state index contributed by atoms with van der Waals surface area (Å²) in [5, 5.41) is 6.04. The van der Waals surface area contributed by atoms with E-state index in [-0.39, 0.29) is 11.9 Å². The van der Waals surface area contributed by atoms with Gasteiger partial charge in [-0.25, -0.2) is 0 Å². The first-order chi connectivity index (χ1) is 11.7. The van der Waals surface area contributed by atoms with Gasteiger partial charge < -0.3 is 15.4 Å². The van der Waals surface area contributed by atoms with Crippen LogP contribution in [0.2, 0.25) is 0 Å². The summed E-state index contributed by atoms with van der Waals surface area (Å²) in [6.07, 6.45) is 5.07. The van der Waals surface area contributed by atoms with Gasteiger partial charge in [0.15, 0.2) is 0 Å². The minimum atomic E-state index is -0.157. The Morgan fingerprint density at radius 3 is 2.62 bits per heavy atom. The van der Waals surface area contributed by atoms with Gasteiger partial charge >= 0.3 is 0 Å². The number of hydrogen-bond donors (Lipinski definition) is 2. The van der Waals surface area contributed by atoms with Crippen molar-refractivity contribution < 1.29 is 9.53 Å². The Hall–Kier alpha value is -2.54. The zero-order valence-corrected chi connectivity index (χ0v) is 14.0. The van der Waals surface area contributed by atoms with E-state index >= 15 is 0 Å². The number of carbonyl (C=O) groups excluding carboxylic acids is 1. The van der Waals surface area contributed by atoms with Crippen LogP contribution in [0.4, 0.5) is 0 Å². The standard InChI is InChI=1S/C17H18N4O2S/c1-23-14-3-5-15(19-9-14)11-2-4-16(18-8-11)17(22)21-13-6-12(7-13)20-10-24/h2-5,8-10,12-13H,6-7H2,1H3,(H,20,24)(H,21,22). The molecule has 7 heteroatoms. The quantitative estimate of drug-likeness (QED) is 0.782. The number of methoxy groups -OCH3 is 1. The maximum absolute atomic E-state index is 12.2. The van der Waals surface area contributed by atoms with Crippen LogP contribution >= 0.6 is 12.2 Å². The fraction of sp³-hybridized carbons (Fsp3) is 0.294. The molecule has 0 aromatic carbocycles. The van der Waals surface area contributed by atoms with Crippen molar-refractivity contribution in [2.75, 3.05) is 7.11 Å². The second kappa shape index (κ2) is 7.35. The first-order valence-corrected chi connectivity index (χ1v) is 8.13. The van der Waals surface area contributed by atoms with Crippen molar-refractivity contribution in [3.8, 4) is 17.0 Å². The average Bonchev–Trinajstić information content (AvgIpc) is 2.60. The van der Waals surface area contributed by atoms with Gasteiger partial charge in [-0.05, 0) is 37.1 Å². The predicted molar refractivity (Wildman–Crippen MR) is 95.1 cm³/mol. The number of nitrogens with zero attached hydrogens (tertiary/aromatic N) is 2. The number of nitrogens with one attached hydrogen (secondary N) is 2. The average molecular weight is 342 g/mol. The van der Waals surface area contributed by atoms with Crippen molar-refractivity contribution in [2.24, 2.45) is 0 Å². The summed E-state index contributed by atoms with van der Waals surface area (Å²) in [6, 6.07) is 7.78. The number of thiocarbonyl (C=S) groups is 1. The van der Waals surface area contributed by atoms with E-state index in [1.165, 1.54) is 5.49 Å². The Labute approximate surface area is 145 Å². The maximum atomic E-state index is 12.2. The van der Waals surface area contributed by atoms with Crippen LogP contribution in [0.15, 0.2) is 36.7 Å². The monoisotopic (exact) mass is 342 g/mol. The van der Waals surface area contributed by atoms with Gasteiger partial charge in [-0.3, -0.25) is 14.8 Å². The van der Waals surface area contributed by atoms with E-state index in [2.05, 4.69) is 20.6 Å². The third kappa shape index (κ3) is 3.68. The Kier molecular flexibility index (Phi) is 5.00. The summed E-state index contributed by atoms with van der Waals surface area (Å²) < 4.78 is 5.09. The fourth-order valence-corrected chi connectivity index (χ4v) is 2.77. The summed E-state index contributed by atoms with van der Waals surface area (Å²) in [5.74, 6) is 0.541. The van der Waals surface area contributed by atoms with Crippen molar-refractivity contribution >= 4 is 23.6 Å². The van der Waals surface area contributed by atoms with E-state index in [1.54, 1.807) is 25.6 Å². The summed E-state index contributed by atoms with van der Waals surface area (Å²) in [4.78, 5) is 20.7. The molecule has 0 atom stereocenters. The summed E-state index contributed by atoms with van der Waals surface area (Å²) in [7, 11) is 1.60. The van der Waals surface area contributed by atoms with Crippen molar-refractivity contribution in [3.05, 3.63) is 42.4 Å². The predicted octanol–water partition coefficient (Wildman–Crippen LogP) is 1.96. The Bertz CT molecular complexity index is 712. The summed E-state index contributed by atoms with van der Waals surface area (Å²) in [5.41, 5.74) is 3.56. The van der Waals surface area contributed by atoms with E-state index in [0.717, 1.165) is 24.1 Å². The van der Waals surface area contributed by atoms with Crippen LogP contribution in [0, 0.1) is 0 Å². The van der Waals surface area contributed by atoms with Gasteiger partial charge in [-0.2, -0.15) is 0 Å². The van der Waals surface area contributed by atoms with Gasteiger partial charge in [0.1, 0.15) is 11.4 Å². The number of carbonyl (C=O) groups is 1. The van der Waals surface area contributed by atoms with E-state index in [0.29, 0.717) is 17.5 Å². The normalized spacial score (nSPS) is 19.0. The highest BCUT2D eigenvalue weighted by atomic mass is 32.1. The molecule has 0 radical (unpaired) electrons. The molecule has 2 heterocycles. The molecular weight excluding hydrogens is 324 g/mol. The molecule has 1 amide bonds. The third-order valence-electron chi connectivity index (χ3n) is 4.04. The van der Waals surface area contributed by atoms with E-state index in [1.807, 2.05) is 18.2 Å². The molecule has 2 aromatic heterocycles.